The maximum atomic E-state index is 8.30. The van der Waals surface area contributed by atoms with E-state index in [0.29, 0.717) is 0 Å². The molecular weight excluding hydrogens is 156 g/mol. The van der Waals surface area contributed by atoms with Crippen LogP contribution in [-0.2, 0) is 0 Å². The van der Waals surface area contributed by atoms with Crippen molar-refractivity contribution in [3.63, 3.8) is 0 Å². The molecule has 5 nitrogen and oxygen atoms in total. The second kappa shape index (κ2) is 7.02. The molecule has 6 N–H and O–H groups in total. The smallest absolute Gasteiger partial charge is 0.0825 e. The minimum atomic E-state index is -0.264. The van der Waals surface area contributed by atoms with Crippen molar-refractivity contribution in [1.82, 2.24) is 5.32 Å². The second-order valence-corrected chi connectivity index (χ2v) is 2.69. The quantitative estimate of drug-likeness (QED) is 0.400. The molecule has 12 heavy (non-hydrogen) atoms. The highest BCUT2D eigenvalue weighted by molar-refractivity contribution is 5.56. The van der Waals surface area contributed by atoms with E-state index in [1.54, 1.807) is 13.3 Å². The van der Waals surface area contributed by atoms with Gasteiger partial charge in [-0.1, -0.05) is 0 Å². The van der Waals surface area contributed by atoms with E-state index >= 15 is 0 Å². The van der Waals surface area contributed by atoms with Crippen LogP contribution >= 0.6 is 0 Å². The molecule has 0 aromatic heterocycles. The lowest BCUT2D eigenvalue weighted by molar-refractivity contribution is 0.253. The molecule has 2 atom stereocenters. The Bertz CT molecular complexity index is 121. The number of aliphatic hydroxyl groups excluding tert-OH is 1. The molecule has 1 heterocycles. The van der Waals surface area contributed by atoms with Crippen molar-refractivity contribution < 1.29 is 5.11 Å². The summed E-state index contributed by atoms with van der Waals surface area (Å²) >= 11 is 0. The van der Waals surface area contributed by atoms with Crippen molar-refractivity contribution in [1.29, 1.82) is 0 Å². The summed E-state index contributed by atoms with van der Waals surface area (Å²) in [6.45, 7) is 3.72. The summed E-state index contributed by atoms with van der Waals surface area (Å²) in [5.41, 5.74) is 10.5. The Balaban J connectivity index is 0.000000211. The molecule has 0 radical (unpaired) electrons. The molecule has 0 fully saturated rings. The Morgan fingerprint density at radius 2 is 2.33 bits per heavy atom. The fraction of sp³-hybridized carbons (Fsp3) is 0.857. The van der Waals surface area contributed by atoms with E-state index < -0.39 is 0 Å². The zero-order valence-electron chi connectivity index (χ0n) is 7.40. The summed E-state index contributed by atoms with van der Waals surface area (Å²) in [6, 6.07) is -0.370. The van der Waals surface area contributed by atoms with Crippen LogP contribution in [0.5, 0.6) is 0 Å². The number of aliphatic imine (C=N–C) groups is 1. The first-order valence-corrected chi connectivity index (χ1v) is 4.02. The predicted molar refractivity (Wildman–Crippen MR) is 50.1 cm³/mol. The highest BCUT2D eigenvalue weighted by Crippen LogP contribution is 1.79. The average Bonchev–Trinajstić information content (AvgIpc) is 2.59. The standard InChI is InChI=1S/C4H12N2O.C3H6N2/c1-3(5)4(6)2-7;1-2-5-3-4-1/h3-4,7H,2,5-6H2,1H3;3H,1-2H2,(H,4,5). The molecule has 0 saturated carbocycles. The van der Waals surface area contributed by atoms with Crippen LogP contribution in [0.4, 0.5) is 0 Å². The van der Waals surface area contributed by atoms with Crippen LogP contribution < -0.4 is 16.8 Å². The Morgan fingerprint density at radius 3 is 2.42 bits per heavy atom. The third kappa shape index (κ3) is 6.09. The lowest BCUT2D eigenvalue weighted by Crippen LogP contribution is -2.41. The molecule has 72 valence electrons. The number of nitrogens with one attached hydrogen (secondary N) is 1. The number of hydrogen-bond donors (Lipinski definition) is 4. The van der Waals surface area contributed by atoms with Gasteiger partial charge >= 0.3 is 0 Å². The van der Waals surface area contributed by atoms with Crippen LogP contribution in [0, 0.1) is 0 Å². The van der Waals surface area contributed by atoms with Crippen LogP contribution in [0.15, 0.2) is 4.99 Å². The van der Waals surface area contributed by atoms with Crippen molar-refractivity contribution >= 4 is 6.34 Å². The third-order valence-electron chi connectivity index (χ3n) is 1.45. The van der Waals surface area contributed by atoms with Gasteiger partial charge in [-0.3, -0.25) is 4.99 Å². The zero-order valence-corrected chi connectivity index (χ0v) is 7.40. The van der Waals surface area contributed by atoms with Crippen LogP contribution in [-0.4, -0.2) is 43.2 Å². The second-order valence-electron chi connectivity index (χ2n) is 2.69. The molecule has 0 saturated heterocycles. The third-order valence-corrected chi connectivity index (χ3v) is 1.45. The lowest BCUT2D eigenvalue weighted by atomic mass is 10.2. The van der Waals surface area contributed by atoms with Gasteiger partial charge in [0.2, 0.25) is 0 Å². The Labute approximate surface area is 72.8 Å². The lowest BCUT2D eigenvalue weighted by Gasteiger charge is -2.10. The summed E-state index contributed by atoms with van der Waals surface area (Å²) in [5, 5.41) is 11.2. The molecule has 5 heteroatoms. The molecule has 0 aromatic carbocycles. The molecule has 2 unspecified atom stereocenters. The van der Waals surface area contributed by atoms with Crippen molar-refractivity contribution in [2.75, 3.05) is 19.7 Å². The van der Waals surface area contributed by atoms with Gasteiger partial charge in [-0.05, 0) is 6.92 Å². The first kappa shape index (κ1) is 11.4. The summed E-state index contributed by atoms with van der Waals surface area (Å²) in [5.74, 6) is 0. The fourth-order valence-electron chi connectivity index (χ4n) is 0.489. The predicted octanol–water partition coefficient (Wildman–Crippen LogP) is -1.73. The van der Waals surface area contributed by atoms with Crippen molar-refractivity contribution in [2.24, 2.45) is 16.5 Å². The summed E-state index contributed by atoms with van der Waals surface area (Å²) in [4.78, 5) is 3.85. The molecule has 1 rings (SSSR count). The van der Waals surface area contributed by atoms with Gasteiger partial charge in [0, 0.05) is 18.6 Å². The van der Waals surface area contributed by atoms with E-state index in [1.165, 1.54) is 0 Å². The summed E-state index contributed by atoms with van der Waals surface area (Å²) < 4.78 is 0. The molecule has 1 aliphatic rings. The highest BCUT2D eigenvalue weighted by Gasteiger charge is 2.03. The van der Waals surface area contributed by atoms with Crippen LogP contribution in [0.2, 0.25) is 0 Å². The maximum Gasteiger partial charge on any atom is 0.0825 e. The number of hydrogen-bond acceptors (Lipinski definition) is 5. The Kier molecular flexibility index (Phi) is 6.64. The van der Waals surface area contributed by atoms with Crippen LogP contribution in [0.3, 0.4) is 0 Å². The van der Waals surface area contributed by atoms with Gasteiger partial charge in [0.25, 0.3) is 0 Å². The topological polar surface area (TPSA) is 96.7 Å². The van der Waals surface area contributed by atoms with Gasteiger partial charge in [-0.2, -0.15) is 0 Å². The summed E-state index contributed by atoms with van der Waals surface area (Å²) in [6.07, 6.45) is 1.74. The largest absolute Gasteiger partial charge is 0.395 e. The van der Waals surface area contributed by atoms with E-state index in [0.717, 1.165) is 13.1 Å². The first-order valence-electron chi connectivity index (χ1n) is 4.02. The Morgan fingerprint density at radius 1 is 1.67 bits per heavy atom. The molecule has 0 bridgehead atoms. The molecule has 0 spiro atoms. The number of rotatable bonds is 2. The van der Waals surface area contributed by atoms with Crippen LogP contribution in [0.1, 0.15) is 6.92 Å². The van der Waals surface area contributed by atoms with Crippen LogP contribution in [0.25, 0.3) is 0 Å². The van der Waals surface area contributed by atoms with Gasteiger partial charge in [0.1, 0.15) is 0 Å². The van der Waals surface area contributed by atoms with E-state index in [2.05, 4.69) is 10.3 Å². The highest BCUT2D eigenvalue weighted by atomic mass is 16.3. The number of nitrogens with zero attached hydrogens (tertiary/aromatic N) is 1. The minimum Gasteiger partial charge on any atom is -0.395 e. The van der Waals surface area contributed by atoms with E-state index in [1.807, 2.05) is 0 Å². The van der Waals surface area contributed by atoms with E-state index in [-0.39, 0.29) is 18.7 Å². The SMILES string of the molecule is C1=NCCN1.CC(N)C(N)CO. The number of nitrogens with two attached hydrogens (primary N) is 2. The molecule has 0 amide bonds. The van der Waals surface area contributed by atoms with Gasteiger partial charge in [0.05, 0.1) is 19.5 Å². The zero-order chi connectivity index (χ0) is 9.40. The van der Waals surface area contributed by atoms with Crippen molar-refractivity contribution in [3.8, 4) is 0 Å². The van der Waals surface area contributed by atoms with Gasteiger partial charge < -0.3 is 21.9 Å². The van der Waals surface area contributed by atoms with Crippen molar-refractivity contribution in [3.05, 3.63) is 0 Å². The molecule has 1 aliphatic heterocycles. The van der Waals surface area contributed by atoms with E-state index in [9.17, 15) is 0 Å². The monoisotopic (exact) mass is 174 g/mol. The van der Waals surface area contributed by atoms with Gasteiger partial charge in [-0.25, -0.2) is 0 Å². The molecule has 0 aromatic rings. The maximum absolute atomic E-state index is 8.30. The molecule has 0 aliphatic carbocycles. The van der Waals surface area contributed by atoms with E-state index in [4.69, 9.17) is 16.6 Å². The number of aliphatic hydroxyl groups is 1. The molecular formula is C7H18N4O. The van der Waals surface area contributed by atoms with Gasteiger partial charge in [0.15, 0.2) is 0 Å². The minimum absolute atomic E-state index is 0.0301. The normalized spacial score (nSPS) is 19.0. The summed E-state index contributed by atoms with van der Waals surface area (Å²) in [7, 11) is 0. The first-order chi connectivity index (χ1) is 5.68. The fourth-order valence-corrected chi connectivity index (χ4v) is 0.489. The van der Waals surface area contributed by atoms with Crippen molar-refractivity contribution in [2.45, 2.75) is 19.0 Å². The average molecular weight is 174 g/mol. The Hall–Kier alpha value is -0.650. The van der Waals surface area contributed by atoms with Gasteiger partial charge in [-0.15, -0.1) is 0 Å².